The highest BCUT2D eigenvalue weighted by Crippen LogP contribution is 2.36. The van der Waals surface area contributed by atoms with E-state index in [4.69, 9.17) is 23.1 Å². The molecule has 0 radical (unpaired) electrons. The van der Waals surface area contributed by atoms with Crippen molar-refractivity contribution >= 4 is 23.3 Å². The van der Waals surface area contributed by atoms with Crippen LogP contribution in [0.15, 0.2) is 18.2 Å². The molecule has 0 heterocycles. The first-order chi connectivity index (χ1) is 9.25. The van der Waals surface area contributed by atoms with E-state index < -0.39 is 22.7 Å². The van der Waals surface area contributed by atoms with E-state index >= 15 is 0 Å². The smallest absolute Gasteiger partial charge is 0.417 e. The Bertz CT molecular complexity index is 537. The minimum absolute atomic E-state index is 0.00616. The lowest BCUT2D eigenvalue weighted by Crippen LogP contribution is -2.26. The van der Waals surface area contributed by atoms with Gasteiger partial charge in [0.05, 0.1) is 23.6 Å². The van der Waals surface area contributed by atoms with Crippen LogP contribution in [-0.2, 0) is 11.0 Å². The highest BCUT2D eigenvalue weighted by Gasteiger charge is 2.33. The van der Waals surface area contributed by atoms with Gasteiger partial charge in [0.1, 0.15) is 0 Å². The van der Waals surface area contributed by atoms with Crippen LogP contribution in [0.25, 0.3) is 0 Å². The zero-order chi connectivity index (χ0) is 15.3. The maximum absolute atomic E-state index is 12.8. The summed E-state index contributed by atoms with van der Waals surface area (Å²) in [6.45, 7) is 0.0185. The fourth-order valence-electron chi connectivity index (χ4n) is 1.57. The number of hydrogen-bond acceptors (Lipinski definition) is 2. The van der Waals surface area contributed by atoms with E-state index in [1.807, 2.05) is 0 Å². The summed E-state index contributed by atoms with van der Waals surface area (Å²) in [7, 11) is 0. The topological polar surface area (TPSA) is 40.5 Å². The number of carbonyl (C=O) groups is 1. The van der Waals surface area contributed by atoms with Crippen molar-refractivity contribution in [1.29, 1.82) is 0 Å². The second-order valence-corrected chi connectivity index (χ2v) is 4.34. The monoisotopic (exact) mass is 305 g/mol. The van der Waals surface area contributed by atoms with Gasteiger partial charge in [-0.25, -0.2) is 0 Å². The zero-order valence-electron chi connectivity index (χ0n) is 10.2. The Kier molecular flexibility index (Phi) is 5.28. The third-order valence-electron chi connectivity index (χ3n) is 2.50. The molecule has 0 saturated carbocycles. The Morgan fingerprint density at radius 3 is 2.60 bits per heavy atom. The van der Waals surface area contributed by atoms with E-state index in [9.17, 15) is 18.0 Å². The number of hydrogen-bond donors (Lipinski definition) is 1. The van der Waals surface area contributed by atoms with E-state index in [1.54, 1.807) is 0 Å². The molecule has 0 saturated heterocycles. The molecule has 20 heavy (non-hydrogen) atoms. The number of alkyl halides is 3. The molecule has 0 aromatic heterocycles. The van der Waals surface area contributed by atoms with Crippen LogP contribution in [0.2, 0.25) is 5.02 Å². The predicted octanol–water partition coefficient (Wildman–Crippen LogP) is 3.27. The van der Waals surface area contributed by atoms with Crippen LogP contribution < -0.4 is 4.90 Å². The number of aliphatic carboxylic acids is 1. The molecule has 0 atom stereocenters. The molecule has 0 fully saturated rings. The zero-order valence-corrected chi connectivity index (χ0v) is 11.0. The van der Waals surface area contributed by atoms with E-state index in [2.05, 4.69) is 5.92 Å². The lowest BCUT2D eigenvalue weighted by Gasteiger charge is -2.23. The van der Waals surface area contributed by atoms with Gasteiger partial charge in [-0.3, -0.25) is 4.79 Å². The van der Waals surface area contributed by atoms with Crippen molar-refractivity contribution < 1.29 is 23.1 Å². The fraction of sp³-hybridized carbons (Fsp3) is 0.308. The molecular weight excluding hydrogens is 295 g/mol. The van der Waals surface area contributed by atoms with Gasteiger partial charge >= 0.3 is 12.1 Å². The van der Waals surface area contributed by atoms with Gasteiger partial charge in [-0.1, -0.05) is 17.5 Å². The second kappa shape index (κ2) is 6.53. The van der Waals surface area contributed by atoms with Crippen LogP contribution in [-0.4, -0.2) is 24.2 Å². The van der Waals surface area contributed by atoms with Crippen LogP contribution in [0.3, 0.4) is 0 Å². The van der Waals surface area contributed by atoms with Gasteiger partial charge in [0.15, 0.2) is 0 Å². The van der Waals surface area contributed by atoms with E-state index in [0.29, 0.717) is 0 Å². The summed E-state index contributed by atoms with van der Waals surface area (Å²) in [5, 5.41) is 8.21. The molecule has 7 heteroatoms. The second-order valence-electron chi connectivity index (χ2n) is 3.93. The molecule has 0 aliphatic carbocycles. The van der Waals surface area contributed by atoms with Gasteiger partial charge in [-0.05, 0) is 18.2 Å². The van der Waals surface area contributed by atoms with Crippen molar-refractivity contribution in [2.45, 2.75) is 12.6 Å². The first-order valence-electron chi connectivity index (χ1n) is 5.52. The van der Waals surface area contributed by atoms with Crippen molar-refractivity contribution in [2.24, 2.45) is 0 Å². The third-order valence-corrected chi connectivity index (χ3v) is 2.83. The summed E-state index contributed by atoms with van der Waals surface area (Å²) in [6.07, 6.45) is 0.327. The van der Waals surface area contributed by atoms with Gasteiger partial charge in [0.2, 0.25) is 0 Å². The predicted molar refractivity (Wildman–Crippen MR) is 69.8 cm³/mol. The van der Waals surface area contributed by atoms with E-state index in [-0.39, 0.29) is 25.2 Å². The molecule has 1 N–H and O–H groups in total. The summed E-state index contributed by atoms with van der Waals surface area (Å²) in [5.41, 5.74) is -0.796. The molecule has 108 valence electrons. The summed E-state index contributed by atoms with van der Waals surface area (Å²) >= 11 is 5.52. The van der Waals surface area contributed by atoms with Crippen LogP contribution in [0.4, 0.5) is 18.9 Å². The molecule has 0 spiro atoms. The average Bonchev–Trinajstić information content (AvgIpc) is 2.33. The molecule has 0 aliphatic heterocycles. The van der Waals surface area contributed by atoms with E-state index in [0.717, 1.165) is 12.1 Å². The van der Waals surface area contributed by atoms with Crippen LogP contribution in [0.1, 0.15) is 12.0 Å². The van der Waals surface area contributed by atoms with Gasteiger partial charge in [-0.2, -0.15) is 13.2 Å². The van der Waals surface area contributed by atoms with Gasteiger partial charge in [0, 0.05) is 12.2 Å². The van der Waals surface area contributed by atoms with Crippen molar-refractivity contribution in [1.82, 2.24) is 0 Å². The van der Waals surface area contributed by atoms with Gasteiger partial charge in [0.25, 0.3) is 0 Å². The van der Waals surface area contributed by atoms with Crippen molar-refractivity contribution in [3.63, 3.8) is 0 Å². The summed E-state index contributed by atoms with van der Waals surface area (Å²) in [4.78, 5) is 11.9. The SMILES string of the molecule is C#CCN(CCC(=O)O)c1ccc(Cl)c(C(F)(F)F)c1. The molecular formula is C13H11ClF3NO2. The Hall–Kier alpha value is -1.87. The van der Waals surface area contributed by atoms with Gasteiger partial charge in [-0.15, -0.1) is 6.42 Å². The number of carboxylic acid groups (broad SMARTS) is 1. The number of carboxylic acids is 1. The fourth-order valence-corrected chi connectivity index (χ4v) is 1.79. The first-order valence-corrected chi connectivity index (χ1v) is 5.90. The molecule has 0 bridgehead atoms. The maximum Gasteiger partial charge on any atom is 0.417 e. The molecule has 1 aromatic rings. The Morgan fingerprint density at radius 1 is 1.45 bits per heavy atom. The average molecular weight is 306 g/mol. The maximum atomic E-state index is 12.8. The van der Waals surface area contributed by atoms with Crippen molar-refractivity contribution in [2.75, 3.05) is 18.0 Å². The number of rotatable bonds is 5. The lowest BCUT2D eigenvalue weighted by atomic mass is 10.1. The molecule has 3 nitrogen and oxygen atoms in total. The summed E-state index contributed by atoms with van der Waals surface area (Å²) in [5.74, 6) is 1.22. The molecule has 0 aliphatic rings. The highest BCUT2D eigenvalue weighted by atomic mass is 35.5. The van der Waals surface area contributed by atoms with Crippen LogP contribution >= 0.6 is 11.6 Å². The quantitative estimate of drug-likeness (QED) is 0.849. The standard InChI is InChI=1S/C13H11ClF3NO2/c1-2-6-18(7-5-12(19)20)9-3-4-11(14)10(8-9)13(15,16)17/h1,3-4,8H,5-7H2,(H,19,20). The largest absolute Gasteiger partial charge is 0.481 e. The summed E-state index contributed by atoms with van der Waals surface area (Å²) < 4.78 is 38.3. The Labute approximate surface area is 119 Å². The third kappa shape index (κ3) is 4.35. The minimum atomic E-state index is -4.58. The van der Waals surface area contributed by atoms with Gasteiger partial charge < -0.3 is 10.0 Å². The molecule has 1 rings (SSSR count). The minimum Gasteiger partial charge on any atom is -0.481 e. The number of anilines is 1. The number of terminal acetylenes is 1. The molecule has 0 amide bonds. The first kappa shape index (κ1) is 16.2. The van der Waals surface area contributed by atoms with Crippen molar-refractivity contribution in [3.05, 3.63) is 28.8 Å². The molecule has 0 unspecified atom stereocenters. The molecule has 1 aromatic carbocycles. The number of halogens is 4. The normalized spacial score (nSPS) is 10.9. The lowest BCUT2D eigenvalue weighted by molar-refractivity contribution is -0.138. The van der Waals surface area contributed by atoms with Crippen molar-refractivity contribution in [3.8, 4) is 12.3 Å². The van der Waals surface area contributed by atoms with E-state index in [1.165, 1.54) is 11.0 Å². The van der Waals surface area contributed by atoms with Crippen LogP contribution in [0.5, 0.6) is 0 Å². The number of benzene rings is 1. The Morgan fingerprint density at radius 2 is 2.10 bits per heavy atom. The summed E-state index contributed by atoms with van der Waals surface area (Å²) in [6, 6.07) is 3.35. The van der Waals surface area contributed by atoms with Crippen LogP contribution in [0, 0.1) is 12.3 Å². The Balaban J connectivity index is 3.08. The highest BCUT2D eigenvalue weighted by molar-refractivity contribution is 6.31. The number of nitrogens with zero attached hydrogens (tertiary/aromatic N) is 1.